The van der Waals surface area contributed by atoms with Gasteiger partial charge in [-0.3, -0.25) is 0 Å². The van der Waals surface area contributed by atoms with E-state index in [9.17, 15) is 0 Å². The average Bonchev–Trinajstić information content (AvgIpc) is 3.35. The van der Waals surface area contributed by atoms with Crippen LogP contribution >= 0.6 is 0 Å². The normalized spacial score (nSPS) is 20.8. The van der Waals surface area contributed by atoms with Gasteiger partial charge in [0.05, 0.1) is 0 Å². The zero-order chi connectivity index (χ0) is 18.2. The summed E-state index contributed by atoms with van der Waals surface area (Å²) in [4.78, 5) is 0. The third-order valence-corrected chi connectivity index (χ3v) is 5.32. The summed E-state index contributed by atoms with van der Waals surface area (Å²) in [5, 5.41) is 14.3. The SMILES string of the molecule is CCCC(C)CNCCCCNC[C@@H]1C[C@@H]1CNCCCCNCC. The van der Waals surface area contributed by atoms with Crippen LogP contribution in [-0.2, 0) is 0 Å². The summed E-state index contributed by atoms with van der Waals surface area (Å²) < 4.78 is 0. The van der Waals surface area contributed by atoms with Gasteiger partial charge in [0.1, 0.15) is 0 Å². The number of hydrogen-bond donors (Lipinski definition) is 4. The molecule has 1 unspecified atom stereocenters. The van der Waals surface area contributed by atoms with Gasteiger partial charge < -0.3 is 21.3 Å². The molecule has 1 aliphatic carbocycles. The molecule has 25 heavy (non-hydrogen) atoms. The molecule has 0 amide bonds. The van der Waals surface area contributed by atoms with Crippen molar-refractivity contribution >= 4 is 0 Å². The Hall–Kier alpha value is -0.160. The van der Waals surface area contributed by atoms with Crippen molar-refractivity contribution in [3.05, 3.63) is 0 Å². The van der Waals surface area contributed by atoms with E-state index in [-0.39, 0.29) is 0 Å². The van der Waals surface area contributed by atoms with Crippen LogP contribution in [0, 0.1) is 17.8 Å². The molecule has 1 aliphatic rings. The maximum absolute atomic E-state index is 3.66. The fourth-order valence-electron chi connectivity index (χ4n) is 3.51. The summed E-state index contributed by atoms with van der Waals surface area (Å²) in [5.41, 5.74) is 0. The predicted octanol–water partition coefficient (Wildman–Crippen LogP) is 3.00. The molecule has 4 N–H and O–H groups in total. The smallest absolute Gasteiger partial charge is 0.00173 e. The van der Waals surface area contributed by atoms with Crippen molar-refractivity contribution < 1.29 is 0 Å². The van der Waals surface area contributed by atoms with Gasteiger partial charge in [0.25, 0.3) is 0 Å². The van der Waals surface area contributed by atoms with Crippen LogP contribution in [0.25, 0.3) is 0 Å². The molecule has 0 bridgehead atoms. The van der Waals surface area contributed by atoms with E-state index in [1.807, 2.05) is 0 Å². The largest absolute Gasteiger partial charge is 0.317 e. The van der Waals surface area contributed by atoms with Crippen LogP contribution in [0.3, 0.4) is 0 Å². The van der Waals surface area contributed by atoms with Gasteiger partial charge in [-0.15, -0.1) is 0 Å². The Kier molecular flexibility index (Phi) is 14.7. The molecule has 0 radical (unpaired) electrons. The zero-order valence-electron chi connectivity index (χ0n) is 17.3. The molecule has 3 atom stereocenters. The molecule has 0 heterocycles. The molecule has 1 fully saturated rings. The second-order valence-corrected chi connectivity index (χ2v) is 8.03. The van der Waals surface area contributed by atoms with Gasteiger partial charge in [0, 0.05) is 0 Å². The Balaban J connectivity index is 1.75. The highest BCUT2D eigenvalue weighted by molar-refractivity contribution is 4.89. The molecule has 0 saturated heterocycles. The van der Waals surface area contributed by atoms with E-state index in [1.165, 1.54) is 90.8 Å². The first-order valence-corrected chi connectivity index (χ1v) is 11.1. The van der Waals surface area contributed by atoms with Crippen molar-refractivity contribution in [2.24, 2.45) is 17.8 Å². The summed E-state index contributed by atoms with van der Waals surface area (Å²) >= 11 is 0. The number of unbranched alkanes of at least 4 members (excludes halogenated alkanes) is 2. The summed E-state index contributed by atoms with van der Waals surface area (Å²) in [6.45, 7) is 16.3. The van der Waals surface area contributed by atoms with Crippen molar-refractivity contribution in [2.75, 3.05) is 52.4 Å². The first-order valence-electron chi connectivity index (χ1n) is 11.1. The fraction of sp³-hybridized carbons (Fsp3) is 1.00. The average molecular weight is 355 g/mol. The Bertz CT molecular complexity index is 285. The van der Waals surface area contributed by atoms with Crippen LogP contribution < -0.4 is 21.3 Å². The standard InChI is InChI=1S/C21H46N4/c1-4-10-19(3)16-23-12-8-9-14-25-18-21-15-20(21)17-24-13-7-6-11-22-5-2/h19-25H,4-18H2,1-3H3/t19?,20-,21+/m1/s1. The number of nitrogens with one attached hydrogen (secondary N) is 4. The van der Waals surface area contributed by atoms with Crippen molar-refractivity contribution in [3.63, 3.8) is 0 Å². The third kappa shape index (κ3) is 13.7. The highest BCUT2D eigenvalue weighted by Crippen LogP contribution is 2.36. The molecule has 0 aromatic carbocycles. The summed E-state index contributed by atoms with van der Waals surface area (Å²) in [6, 6.07) is 0. The van der Waals surface area contributed by atoms with E-state index >= 15 is 0 Å². The van der Waals surface area contributed by atoms with E-state index in [0.717, 1.165) is 24.3 Å². The first-order chi connectivity index (χ1) is 12.3. The molecular weight excluding hydrogens is 308 g/mol. The lowest BCUT2D eigenvalue weighted by atomic mass is 10.1. The van der Waals surface area contributed by atoms with Gasteiger partial charge >= 0.3 is 0 Å². The van der Waals surface area contributed by atoms with Gasteiger partial charge in [-0.05, 0) is 109 Å². The van der Waals surface area contributed by atoms with E-state index < -0.39 is 0 Å². The van der Waals surface area contributed by atoms with Crippen LogP contribution in [0.1, 0.15) is 65.7 Å². The third-order valence-electron chi connectivity index (χ3n) is 5.32. The van der Waals surface area contributed by atoms with Gasteiger partial charge in [0.15, 0.2) is 0 Å². The minimum Gasteiger partial charge on any atom is -0.317 e. The highest BCUT2D eigenvalue weighted by atomic mass is 14.9. The van der Waals surface area contributed by atoms with E-state index in [1.54, 1.807) is 0 Å². The monoisotopic (exact) mass is 354 g/mol. The predicted molar refractivity (Wildman–Crippen MR) is 111 cm³/mol. The maximum Gasteiger partial charge on any atom is -0.00173 e. The van der Waals surface area contributed by atoms with Crippen LogP contribution in [0.15, 0.2) is 0 Å². The molecule has 0 spiro atoms. The lowest BCUT2D eigenvalue weighted by molar-refractivity contribution is 0.466. The van der Waals surface area contributed by atoms with Crippen LogP contribution in [-0.4, -0.2) is 52.4 Å². The molecule has 4 nitrogen and oxygen atoms in total. The first kappa shape index (κ1) is 22.9. The van der Waals surface area contributed by atoms with Crippen molar-refractivity contribution in [1.82, 2.24) is 21.3 Å². The van der Waals surface area contributed by atoms with E-state index in [0.29, 0.717) is 0 Å². The second kappa shape index (κ2) is 16.0. The van der Waals surface area contributed by atoms with Crippen molar-refractivity contribution in [3.8, 4) is 0 Å². The van der Waals surface area contributed by atoms with Crippen LogP contribution in [0.2, 0.25) is 0 Å². The van der Waals surface area contributed by atoms with Gasteiger partial charge in [0.2, 0.25) is 0 Å². The number of rotatable bonds is 19. The minimum atomic E-state index is 0.830. The highest BCUT2D eigenvalue weighted by Gasteiger charge is 2.35. The van der Waals surface area contributed by atoms with Crippen molar-refractivity contribution in [2.45, 2.75) is 65.7 Å². The Morgan fingerprint density at radius 3 is 1.80 bits per heavy atom. The second-order valence-electron chi connectivity index (χ2n) is 8.03. The lowest BCUT2D eigenvalue weighted by Gasteiger charge is -2.11. The molecule has 1 rings (SSSR count). The van der Waals surface area contributed by atoms with Crippen LogP contribution in [0.4, 0.5) is 0 Å². The summed E-state index contributed by atoms with van der Waals surface area (Å²) in [5.74, 6) is 2.70. The molecule has 0 aromatic rings. The molecule has 4 heteroatoms. The molecule has 150 valence electrons. The van der Waals surface area contributed by atoms with Gasteiger partial charge in [-0.1, -0.05) is 27.2 Å². The Labute approximate surface area is 157 Å². The molecule has 1 saturated carbocycles. The summed E-state index contributed by atoms with van der Waals surface area (Å²) in [6.07, 6.45) is 9.28. The Morgan fingerprint density at radius 2 is 1.28 bits per heavy atom. The number of hydrogen-bond acceptors (Lipinski definition) is 4. The Morgan fingerprint density at radius 1 is 0.760 bits per heavy atom. The van der Waals surface area contributed by atoms with Crippen molar-refractivity contribution in [1.29, 1.82) is 0 Å². The van der Waals surface area contributed by atoms with Gasteiger partial charge in [-0.25, -0.2) is 0 Å². The van der Waals surface area contributed by atoms with E-state index in [4.69, 9.17) is 0 Å². The maximum atomic E-state index is 3.66. The topological polar surface area (TPSA) is 48.1 Å². The molecular formula is C21H46N4. The molecule has 0 aromatic heterocycles. The van der Waals surface area contributed by atoms with Crippen LogP contribution in [0.5, 0.6) is 0 Å². The quantitative estimate of drug-likeness (QED) is 0.269. The lowest BCUT2D eigenvalue weighted by Crippen LogP contribution is -2.25. The van der Waals surface area contributed by atoms with E-state index in [2.05, 4.69) is 42.0 Å². The summed E-state index contributed by atoms with van der Waals surface area (Å²) in [7, 11) is 0. The van der Waals surface area contributed by atoms with Gasteiger partial charge in [-0.2, -0.15) is 0 Å². The minimum absolute atomic E-state index is 0.830. The zero-order valence-corrected chi connectivity index (χ0v) is 17.3. The fourth-order valence-corrected chi connectivity index (χ4v) is 3.51. The molecule has 0 aliphatic heterocycles.